The fraction of sp³-hybridized carbons (Fsp3) is 0.474. The number of nitrogens with zero attached hydrogens (tertiary/aromatic N) is 4. The predicted molar refractivity (Wildman–Crippen MR) is 95.9 cm³/mol. The SMILES string of the molecule is CN(C[C@](C)(O)c1ccccc1)[C@@H]1CCCN(c2cccnn2)C1. The molecule has 2 heterocycles. The quantitative estimate of drug-likeness (QED) is 0.913. The summed E-state index contributed by atoms with van der Waals surface area (Å²) in [5.41, 5.74) is 0.101. The van der Waals surface area contributed by atoms with Crippen molar-refractivity contribution in [1.82, 2.24) is 15.1 Å². The maximum Gasteiger partial charge on any atom is 0.151 e. The van der Waals surface area contributed by atoms with Gasteiger partial charge in [0.15, 0.2) is 5.82 Å². The third-order valence-electron chi connectivity index (χ3n) is 4.86. The molecule has 1 aliphatic heterocycles. The molecule has 1 aliphatic rings. The van der Waals surface area contributed by atoms with E-state index in [0.29, 0.717) is 12.6 Å². The van der Waals surface area contributed by atoms with Crippen LogP contribution < -0.4 is 4.90 Å². The van der Waals surface area contributed by atoms with Gasteiger partial charge in [0.05, 0.1) is 5.60 Å². The van der Waals surface area contributed by atoms with E-state index in [1.165, 1.54) is 0 Å². The van der Waals surface area contributed by atoms with E-state index in [9.17, 15) is 5.11 Å². The maximum absolute atomic E-state index is 10.9. The summed E-state index contributed by atoms with van der Waals surface area (Å²) in [5.74, 6) is 0.936. The van der Waals surface area contributed by atoms with Crippen molar-refractivity contribution in [2.24, 2.45) is 0 Å². The Labute approximate surface area is 143 Å². The Bertz CT molecular complexity index is 632. The van der Waals surface area contributed by atoms with Gasteiger partial charge in [-0.2, -0.15) is 5.10 Å². The minimum absolute atomic E-state index is 0.399. The second-order valence-corrected chi connectivity index (χ2v) is 6.88. The van der Waals surface area contributed by atoms with Crippen LogP contribution in [0.25, 0.3) is 0 Å². The molecule has 128 valence electrons. The Morgan fingerprint density at radius 2 is 2.04 bits per heavy atom. The van der Waals surface area contributed by atoms with Crippen LogP contribution in [0.4, 0.5) is 5.82 Å². The number of benzene rings is 1. The van der Waals surface area contributed by atoms with Crippen molar-refractivity contribution in [1.29, 1.82) is 0 Å². The molecule has 0 spiro atoms. The number of likely N-dealkylation sites (N-methyl/N-ethyl adjacent to an activating group) is 1. The topological polar surface area (TPSA) is 52.5 Å². The van der Waals surface area contributed by atoms with Gasteiger partial charge in [0.25, 0.3) is 0 Å². The summed E-state index contributed by atoms with van der Waals surface area (Å²) in [5, 5.41) is 19.1. The molecule has 5 nitrogen and oxygen atoms in total. The molecule has 0 radical (unpaired) electrons. The molecule has 1 aromatic carbocycles. The monoisotopic (exact) mass is 326 g/mol. The van der Waals surface area contributed by atoms with Crippen LogP contribution in [0.2, 0.25) is 0 Å². The van der Waals surface area contributed by atoms with E-state index >= 15 is 0 Å². The number of hydrogen-bond donors (Lipinski definition) is 1. The van der Waals surface area contributed by atoms with E-state index in [2.05, 4.69) is 27.0 Å². The van der Waals surface area contributed by atoms with Crippen molar-refractivity contribution in [3.8, 4) is 0 Å². The largest absolute Gasteiger partial charge is 0.384 e. The van der Waals surface area contributed by atoms with Gasteiger partial charge < -0.3 is 10.0 Å². The Morgan fingerprint density at radius 3 is 2.75 bits per heavy atom. The van der Waals surface area contributed by atoms with Crippen LogP contribution in [0.15, 0.2) is 48.7 Å². The molecule has 0 saturated carbocycles. The molecule has 0 unspecified atom stereocenters. The summed E-state index contributed by atoms with van der Waals surface area (Å²) >= 11 is 0. The Balaban J connectivity index is 1.65. The van der Waals surface area contributed by atoms with Gasteiger partial charge >= 0.3 is 0 Å². The Hall–Kier alpha value is -1.98. The molecule has 5 heteroatoms. The normalized spacial score (nSPS) is 20.8. The third-order valence-corrected chi connectivity index (χ3v) is 4.86. The highest BCUT2D eigenvalue weighted by Crippen LogP contribution is 2.25. The molecule has 1 fully saturated rings. The second-order valence-electron chi connectivity index (χ2n) is 6.88. The molecular formula is C19H26N4O. The molecule has 3 rings (SSSR count). The lowest BCUT2D eigenvalue weighted by molar-refractivity contribution is 0.00955. The highest BCUT2D eigenvalue weighted by atomic mass is 16.3. The average molecular weight is 326 g/mol. The predicted octanol–water partition coefficient (Wildman–Crippen LogP) is 2.28. The summed E-state index contributed by atoms with van der Waals surface area (Å²) in [7, 11) is 2.10. The van der Waals surface area contributed by atoms with E-state index in [0.717, 1.165) is 37.3 Å². The Morgan fingerprint density at radius 1 is 1.25 bits per heavy atom. The van der Waals surface area contributed by atoms with Crippen LogP contribution in [0.5, 0.6) is 0 Å². The average Bonchev–Trinajstić information content (AvgIpc) is 2.63. The van der Waals surface area contributed by atoms with E-state index < -0.39 is 5.60 Å². The minimum Gasteiger partial charge on any atom is -0.384 e. The molecule has 0 amide bonds. The van der Waals surface area contributed by atoms with Crippen LogP contribution in [0.3, 0.4) is 0 Å². The first-order valence-corrected chi connectivity index (χ1v) is 8.57. The van der Waals surface area contributed by atoms with Crippen LogP contribution in [-0.4, -0.2) is 52.9 Å². The molecule has 0 bridgehead atoms. The summed E-state index contributed by atoms with van der Waals surface area (Å²) in [6.45, 7) is 4.43. The van der Waals surface area contributed by atoms with Crippen LogP contribution in [0.1, 0.15) is 25.3 Å². The van der Waals surface area contributed by atoms with E-state index in [4.69, 9.17) is 0 Å². The van der Waals surface area contributed by atoms with Gasteiger partial charge in [-0.3, -0.25) is 4.90 Å². The molecule has 1 saturated heterocycles. The van der Waals surface area contributed by atoms with Crippen molar-refractivity contribution in [2.75, 3.05) is 31.6 Å². The van der Waals surface area contributed by atoms with Crippen LogP contribution in [0, 0.1) is 0 Å². The lowest BCUT2D eigenvalue weighted by Crippen LogP contribution is -2.50. The minimum atomic E-state index is -0.856. The van der Waals surface area contributed by atoms with Crippen LogP contribution >= 0.6 is 0 Å². The van der Waals surface area contributed by atoms with E-state index in [1.54, 1.807) is 6.20 Å². The number of aliphatic hydroxyl groups is 1. The molecule has 0 aliphatic carbocycles. The highest BCUT2D eigenvalue weighted by molar-refractivity contribution is 5.37. The van der Waals surface area contributed by atoms with Gasteiger partial charge in [-0.25, -0.2) is 0 Å². The van der Waals surface area contributed by atoms with Gasteiger partial charge in [0.2, 0.25) is 0 Å². The smallest absolute Gasteiger partial charge is 0.151 e. The molecular weight excluding hydrogens is 300 g/mol. The molecule has 24 heavy (non-hydrogen) atoms. The van der Waals surface area contributed by atoms with Gasteiger partial charge in [-0.1, -0.05) is 30.3 Å². The molecule has 1 N–H and O–H groups in total. The lowest BCUT2D eigenvalue weighted by Gasteiger charge is -2.40. The van der Waals surface area contributed by atoms with Gasteiger partial charge in [0.1, 0.15) is 0 Å². The van der Waals surface area contributed by atoms with Gasteiger partial charge in [0, 0.05) is 31.9 Å². The van der Waals surface area contributed by atoms with Crippen molar-refractivity contribution < 1.29 is 5.11 Å². The number of aromatic nitrogens is 2. The first kappa shape index (κ1) is 16.9. The Kier molecular flexibility index (Phi) is 5.11. The second kappa shape index (κ2) is 7.28. The van der Waals surface area contributed by atoms with Crippen molar-refractivity contribution in [2.45, 2.75) is 31.4 Å². The van der Waals surface area contributed by atoms with Crippen molar-refractivity contribution in [3.05, 3.63) is 54.2 Å². The summed E-state index contributed by atoms with van der Waals surface area (Å²) in [4.78, 5) is 4.56. The van der Waals surface area contributed by atoms with Crippen LogP contribution in [-0.2, 0) is 5.60 Å². The molecule has 2 atom stereocenters. The third kappa shape index (κ3) is 3.91. The van der Waals surface area contributed by atoms with Gasteiger partial charge in [-0.05, 0) is 44.5 Å². The standard InChI is InChI=1S/C19H26N4O/c1-19(24,16-8-4-3-5-9-16)15-22(2)17-10-7-13-23(14-17)18-11-6-12-20-21-18/h3-6,8-9,11-12,17,24H,7,10,13-15H2,1-2H3/t17-,19+/m1/s1. The summed E-state index contributed by atoms with van der Waals surface area (Å²) < 4.78 is 0. The number of hydrogen-bond acceptors (Lipinski definition) is 5. The number of rotatable bonds is 5. The fourth-order valence-corrected chi connectivity index (χ4v) is 3.49. The molecule has 1 aromatic heterocycles. The first-order chi connectivity index (χ1) is 11.6. The summed E-state index contributed by atoms with van der Waals surface area (Å²) in [6.07, 6.45) is 3.96. The fourth-order valence-electron chi connectivity index (χ4n) is 3.49. The van der Waals surface area contributed by atoms with Crippen molar-refractivity contribution in [3.63, 3.8) is 0 Å². The van der Waals surface area contributed by atoms with E-state index in [-0.39, 0.29) is 0 Å². The highest BCUT2D eigenvalue weighted by Gasteiger charge is 2.30. The van der Waals surface area contributed by atoms with Gasteiger partial charge in [-0.15, -0.1) is 5.10 Å². The zero-order valence-corrected chi connectivity index (χ0v) is 14.5. The van der Waals surface area contributed by atoms with E-state index in [1.807, 2.05) is 49.4 Å². The zero-order chi connectivity index (χ0) is 17.0. The van der Waals surface area contributed by atoms with Crippen molar-refractivity contribution >= 4 is 5.82 Å². The molecule has 2 aromatic rings. The lowest BCUT2D eigenvalue weighted by atomic mass is 9.94. The number of anilines is 1. The first-order valence-electron chi connectivity index (χ1n) is 8.57. The number of piperidine rings is 1. The zero-order valence-electron chi connectivity index (χ0n) is 14.5. The summed E-state index contributed by atoms with van der Waals surface area (Å²) in [6, 6.07) is 14.2. The maximum atomic E-state index is 10.9.